The third-order valence-electron chi connectivity index (χ3n) is 2.06. The van der Waals surface area contributed by atoms with Gasteiger partial charge in [-0.25, -0.2) is 0 Å². The van der Waals surface area contributed by atoms with Crippen molar-refractivity contribution < 1.29 is 23.0 Å². The lowest BCUT2D eigenvalue weighted by Gasteiger charge is -2.13. The third kappa shape index (κ3) is 5.43. The van der Waals surface area contributed by atoms with E-state index in [2.05, 4.69) is 5.32 Å². The van der Waals surface area contributed by atoms with Gasteiger partial charge in [-0.15, -0.1) is 0 Å². The van der Waals surface area contributed by atoms with Crippen LogP contribution >= 0.6 is 0 Å². The smallest absolute Gasteiger partial charge is 0.304 e. The first kappa shape index (κ1) is 15.6. The molecule has 0 atom stereocenters. The largest absolute Gasteiger partial charge is 0.467 e. The van der Waals surface area contributed by atoms with E-state index in [1.165, 1.54) is 0 Å². The maximum Gasteiger partial charge on any atom is 0.467 e. The second kappa shape index (κ2) is 5.75. The Balaban J connectivity index is 4.02. The van der Waals surface area contributed by atoms with Gasteiger partial charge in [-0.05, 0) is 13.0 Å². The molecule has 0 aliphatic heterocycles. The van der Waals surface area contributed by atoms with E-state index in [0.717, 1.165) is 6.92 Å². The summed E-state index contributed by atoms with van der Waals surface area (Å²) < 4.78 is 35.2. The Labute approximate surface area is 94.3 Å². The molecule has 0 aliphatic rings. The predicted molar refractivity (Wildman–Crippen MR) is 50.6 cm³/mol. The Morgan fingerprint density at radius 2 is 1.65 bits per heavy atom. The highest BCUT2D eigenvalue weighted by atomic mass is 19.4. The Kier molecular flexibility index (Phi) is 5.26. The van der Waals surface area contributed by atoms with Crippen LogP contribution in [0.25, 0.3) is 0 Å². The van der Waals surface area contributed by atoms with Crippen LogP contribution in [0.5, 0.6) is 0 Å². The van der Waals surface area contributed by atoms with E-state index in [1.807, 2.05) is 0 Å². The first-order chi connectivity index (χ1) is 7.59. The number of halogens is 3. The molecule has 0 aliphatic carbocycles. The van der Waals surface area contributed by atoms with Crippen LogP contribution in [-0.2, 0) is 0 Å². The highest BCUT2D eigenvalue weighted by molar-refractivity contribution is 4.64. The van der Waals surface area contributed by atoms with Gasteiger partial charge in [0.1, 0.15) is 6.54 Å². The van der Waals surface area contributed by atoms with Crippen molar-refractivity contribution in [3.05, 3.63) is 20.2 Å². The van der Waals surface area contributed by atoms with Gasteiger partial charge in [0.15, 0.2) is 0 Å². The molecule has 1 N–H and O–H groups in total. The van der Waals surface area contributed by atoms with Crippen molar-refractivity contribution in [1.82, 2.24) is 5.32 Å². The zero-order valence-electron chi connectivity index (χ0n) is 8.99. The van der Waals surface area contributed by atoms with Crippen molar-refractivity contribution in [3.63, 3.8) is 0 Å². The van der Waals surface area contributed by atoms with Gasteiger partial charge in [-0.3, -0.25) is 20.2 Å². The van der Waals surface area contributed by atoms with E-state index >= 15 is 0 Å². The zero-order valence-corrected chi connectivity index (χ0v) is 8.99. The Morgan fingerprint density at radius 3 is 2.00 bits per heavy atom. The molecular formula is C7H12F3N3O4. The standard InChI is InChI=1S/C7H12F3N3O4/c1-6(12(14)15,13(16)17)5-11-4-2-3-7(8,9)10/h11H,2-5H2,1H3. The first-order valence-corrected chi connectivity index (χ1v) is 4.66. The van der Waals surface area contributed by atoms with E-state index < -0.39 is 34.7 Å². The molecule has 0 aromatic rings. The molecule has 7 nitrogen and oxygen atoms in total. The van der Waals surface area contributed by atoms with Crippen LogP contribution in [0.15, 0.2) is 0 Å². The van der Waals surface area contributed by atoms with Crippen LogP contribution in [0.3, 0.4) is 0 Å². The molecule has 0 amide bonds. The van der Waals surface area contributed by atoms with Crippen molar-refractivity contribution in [2.24, 2.45) is 0 Å². The van der Waals surface area contributed by atoms with Gasteiger partial charge >= 0.3 is 11.8 Å². The summed E-state index contributed by atoms with van der Waals surface area (Å²) in [5.41, 5.74) is -2.42. The van der Waals surface area contributed by atoms with Gasteiger partial charge in [0.2, 0.25) is 0 Å². The molecule has 0 aromatic carbocycles. The summed E-state index contributed by atoms with van der Waals surface area (Å²) in [5.74, 6) is 0. The fourth-order valence-electron chi connectivity index (χ4n) is 0.935. The van der Waals surface area contributed by atoms with E-state index in [-0.39, 0.29) is 13.0 Å². The lowest BCUT2D eigenvalue weighted by Crippen LogP contribution is -2.51. The molecule has 10 heteroatoms. The monoisotopic (exact) mass is 259 g/mol. The number of hydrogen-bond donors (Lipinski definition) is 1. The summed E-state index contributed by atoms with van der Waals surface area (Å²) >= 11 is 0. The molecule has 0 saturated heterocycles. The fourth-order valence-corrected chi connectivity index (χ4v) is 0.935. The second-order valence-corrected chi connectivity index (χ2v) is 3.63. The predicted octanol–water partition coefficient (Wildman–Crippen LogP) is 1.19. The topological polar surface area (TPSA) is 98.3 Å². The molecule has 0 rings (SSSR count). The summed E-state index contributed by atoms with van der Waals surface area (Å²) in [6.45, 7) is 0.00535. The molecule has 100 valence electrons. The zero-order chi connectivity index (χ0) is 13.7. The number of nitrogens with zero attached hydrogens (tertiary/aromatic N) is 2. The molecule has 0 fully saturated rings. The molecule has 0 spiro atoms. The molecular weight excluding hydrogens is 247 g/mol. The Bertz CT molecular complexity index is 281. The van der Waals surface area contributed by atoms with Crippen LogP contribution < -0.4 is 5.32 Å². The minimum absolute atomic E-state index is 0.170. The quantitative estimate of drug-likeness (QED) is 0.320. The molecule has 0 bridgehead atoms. The number of alkyl halides is 3. The van der Waals surface area contributed by atoms with Crippen LogP contribution in [0.1, 0.15) is 19.8 Å². The van der Waals surface area contributed by atoms with Gasteiger partial charge in [0, 0.05) is 6.42 Å². The normalized spacial score (nSPS) is 12.5. The summed E-state index contributed by atoms with van der Waals surface area (Å²) in [7, 11) is 0. The van der Waals surface area contributed by atoms with Crippen molar-refractivity contribution in [2.45, 2.75) is 31.6 Å². The Hall–Kier alpha value is -1.45. The first-order valence-electron chi connectivity index (χ1n) is 4.66. The third-order valence-corrected chi connectivity index (χ3v) is 2.06. The fraction of sp³-hybridized carbons (Fsp3) is 1.00. The molecule has 0 heterocycles. The van der Waals surface area contributed by atoms with Gasteiger partial charge in [0.25, 0.3) is 0 Å². The minimum atomic E-state index is -4.29. The SMILES string of the molecule is CC(CNCCCC(F)(F)F)([N+](=O)[O-])[N+](=O)[O-]. The molecule has 0 unspecified atom stereocenters. The minimum Gasteiger partial charge on any atom is -0.304 e. The van der Waals surface area contributed by atoms with Gasteiger partial charge in [-0.1, -0.05) is 0 Å². The lowest BCUT2D eigenvalue weighted by molar-refractivity contribution is -0.789. The maximum absolute atomic E-state index is 11.7. The summed E-state index contributed by atoms with van der Waals surface area (Å²) in [6, 6.07) is 0. The van der Waals surface area contributed by atoms with Gasteiger partial charge in [-0.2, -0.15) is 13.2 Å². The van der Waals surface area contributed by atoms with Crippen molar-refractivity contribution >= 4 is 0 Å². The second-order valence-electron chi connectivity index (χ2n) is 3.63. The number of nitrogens with one attached hydrogen (secondary N) is 1. The van der Waals surface area contributed by atoms with Crippen LogP contribution in [-0.4, -0.2) is 34.8 Å². The van der Waals surface area contributed by atoms with Gasteiger partial charge in [0.05, 0.1) is 16.8 Å². The van der Waals surface area contributed by atoms with E-state index in [4.69, 9.17) is 0 Å². The number of nitro groups is 2. The van der Waals surface area contributed by atoms with Crippen molar-refractivity contribution in [3.8, 4) is 0 Å². The lowest BCUT2D eigenvalue weighted by atomic mass is 10.2. The maximum atomic E-state index is 11.7. The summed E-state index contributed by atoms with van der Waals surface area (Å²) in [6.07, 6.45) is -5.61. The highest BCUT2D eigenvalue weighted by Crippen LogP contribution is 2.20. The van der Waals surface area contributed by atoms with Crippen LogP contribution in [0, 0.1) is 20.2 Å². The van der Waals surface area contributed by atoms with E-state index in [9.17, 15) is 33.4 Å². The van der Waals surface area contributed by atoms with Crippen molar-refractivity contribution in [2.75, 3.05) is 13.1 Å². The number of rotatable bonds is 7. The molecule has 0 saturated carbocycles. The average Bonchev–Trinajstić information content (AvgIpc) is 2.14. The highest BCUT2D eigenvalue weighted by Gasteiger charge is 2.49. The van der Waals surface area contributed by atoms with E-state index in [0.29, 0.717) is 0 Å². The summed E-state index contributed by atoms with van der Waals surface area (Å²) in [4.78, 5) is 18.7. The number of hydrogen-bond acceptors (Lipinski definition) is 5. The van der Waals surface area contributed by atoms with Crippen LogP contribution in [0.4, 0.5) is 13.2 Å². The molecule has 0 radical (unpaired) electrons. The van der Waals surface area contributed by atoms with Gasteiger partial charge < -0.3 is 5.32 Å². The van der Waals surface area contributed by atoms with E-state index in [1.54, 1.807) is 0 Å². The average molecular weight is 259 g/mol. The molecule has 0 aromatic heterocycles. The summed E-state index contributed by atoms with van der Waals surface area (Å²) in [5, 5.41) is 23.1. The van der Waals surface area contributed by atoms with Crippen molar-refractivity contribution in [1.29, 1.82) is 0 Å². The molecule has 17 heavy (non-hydrogen) atoms. The van der Waals surface area contributed by atoms with Crippen LogP contribution in [0.2, 0.25) is 0 Å². The Morgan fingerprint density at radius 1 is 1.18 bits per heavy atom.